The van der Waals surface area contributed by atoms with E-state index in [9.17, 15) is 8.42 Å². The van der Waals surface area contributed by atoms with Crippen LogP contribution in [0.15, 0.2) is 33.7 Å². The highest BCUT2D eigenvalue weighted by atomic mass is 32.2. The molecule has 8 nitrogen and oxygen atoms in total. The summed E-state index contributed by atoms with van der Waals surface area (Å²) in [6.45, 7) is 4.60. The van der Waals surface area contributed by atoms with E-state index in [-0.39, 0.29) is 24.0 Å². The summed E-state index contributed by atoms with van der Waals surface area (Å²) in [5.74, 6) is 1.46. The van der Waals surface area contributed by atoms with E-state index in [0.717, 1.165) is 0 Å². The van der Waals surface area contributed by atoms with E-state index in [2.05, 4.69) is 10.1 Å². The normalized spacial score (nSPS) is 19.3. The zero-order valence-electron chi connectivity index (χ0n) is 14.4. The van der Waals surface area contributed by atoms with Crippen molar-refractivity contribution in [3.63, 3.8) is 0 Å². The fourth-order valence-electron chi connectivity index (χ4n) is 2.58. The van der Waals surface area contributed by atoms with Crippen LogP contribution in [0.1, 0.15) is 37.5 Å². The summed E-state index contributed by atoms with van der Waals surface area (Å²) in [5, 5.41) is 3.95. The number of nitrogens with zero attached hydrogens (tertiary/aromatic N) is 3. The maximum Gasteiger partial charge on any atom is 0.243 e. The third-order valence-corrected chi connectivity index (χ3v) is 5.92. The molecule has 0 aliphatic carbocycles. The Hall–Kier alpha value is -1.97. The number of hydrogen-bond donors (Lipinski definition) is 0. The van der Waals surface area contributed by atoms with Gasteiger partial charge in [-0.25, -0.2) is 8.42 Å². The van der Waals surface area contributed by atoms with Gasteiger partial charge in [-0.3, -0.25) is 0 Å². The number of hydrogen-bond acceptors (Lipinski definition) is 7. The molecular weight excluding hydrogens is 346 g/mol. The molecule has 1 fully saturated rings. The largest absolute Gasteiger partial charge is 0.497 e. The fourth-order valence-corrected chi connectivity index (χ4v) is 4.14. The third kappa shape index (κ3) is 3.53. The number of ether oxygens (including phenoxy) is 2. The van der Waals surface area contributed by atoms with E-state index in [4.69, 9.17) is 14.0 Å². The van der Waals surface area contributed by atoms with Gasteiger partial charge in [0.1, 0.15) is 11.8 Å². The number of benzene rings is 1. The van der Waals surface area contributed by atoms with Crippen molar-refractivity contribution in [2.75, 3.05) is 26.9 Å². The van der Waals surface area contributed by atoms with Gasteiger partial charge in [0, 0.05) is 12.5 Å². The Morgan fingerprint density at radius 1 is 1.28 bits per heavy atom. The zero-order chi connectivity index (χ0) is 18.0. The van der Waals surface area contributed by atoms with Crippen LogP contribution in [-0.2, 0) is 14.8 Å². The molecule has 0 radical (unpaired) electrons. The average molecular weight is 367 g/mol. The quantitative estimate of drug-likeness (QED) is 0.797. The van der Waals surface area contributed by atoms with Gasteiger partial charge < -0.3 is 14.0 Å². The van der Waals surface area contributed by atoms with E-state index in [1.165, 1.54) is 23.5 Å². The molecule has 9 heteroatoms. The summed E-state index contributed by atoms with van der Waals surface area (Å²) in [5.41, 5.74) is 0. The second kappa shape index (κ2) is 7.11. The minimum absolute atomic E-state index is 0.0670. The molecule has 1 atom stereocenters. The molecule has 1 aromatic carbocycles. The molecule has 0 spiro atoms. The molecule has 25 heavy (non-hydrogen) atoms. The van der Waals surface area contributed by atoms with Crippen molar-refractivity contribution >= 4 is 10.0 Å². The first-order chi connectivity index (χ1) is 11.9. The lowest BCUT2D eigenvalue weighted by atomic mass is 10.2. The van der Waals surface area contributed by atoms with Crippen LogP contribution in [0.5, 0.6) is 5.75 Å². The van der Waals surface area contributed by atoms with E-state index < -0.39 is 16.1 Å². The molecule has 2 heterocycles. The lowest BCUT2D eigenvalue weighted by molar-refractivity contribution is 0.0282. The van der Waals surface area contributed by atoms with Gasteiger partial charge in [-0.05, 0) is 24.3 Å². The molecule has 1 saturated heterocycles. The van der Waals surface area contributed by atoms with Crippen molar-refractivity contribution in [1.29, 1.82) is 0 Å². The first kappa shape index (κ1) is 17.8. The zero-order valence-corrected chi connectivity index (χ0v) is 15.2. The summed E-state index contributed by atoms with van der Waals surface area (Å²) in [6.07, 6.45) is 0. The van der Waals surface area contributed by atoms with Gasteiger partial charge in [0.05, 0.1) is 25.2 Å². The fraction of sp³-hybridized carbons (Fsp3) is 0.500. The van der Waals surface area contributed by atoms with E-state index in [1.54, 1.807) is 12.1 Å². The smallest absolute Gasteiger partial charge is 0.243 e. The Kier molecular flexibility index (Phi) is 5.07. The van der Waals surface area contributed by atoms with Gasteiger partial charge in [-0.15, -0.1) is 0 Å². The van der Waals surface area contributed by atoms with Crippen LogP contribution in [0.3, 0.4) is 0 Å². The van der Waals surface area contributed by atoms with Crippen LogP contribution >= 0.6 is 0 Å². The van der Waals surface area contributed by atoms with E-state index in [1.807, 2.05) is 13.8 Å². The summed E-state index contributed by atoms with van der Waals surface area (Å²) in [4.78, 5) is 4.52. The molecule has 0 bridgehead atoms. The van der Waals surface area contributed by atoms with Crippen molar-refractivity contribution in [1.82, 2.24) is 14.4 Å². The summed E-state index contributed by atoms with van der Waals surface area (Å²) >= 11 is 0. The first-order valence-corrected chi connectivity index (χ1v) is 9.44. The molecule has 0 N–H and O–H groups in total. The topological polar surface area (TPSA) is 94.8 Å². The maximum atomic E-state index is 13.1. The van der Waals surface area contributed by atoms with Gasteiger partial charge in [-0.1, -0.05) is 19.0 Å². The Bertz CT molecular complexity index is 817. The van der Waals surface area contributed by atoms with Crippen LogP contribution < -0.4 is 4.74 Å². The van der Waals surface area contributed by atoms with Crippen LogP contribution in [-0.4, -0.2) is 49.7 Å². The molecule has 0 amide bonds. The maximum absolute atomic E-state index is 13.1. The highest BCUT2D eigenvalue weighted by Gasteiger charge is 2.37. The standard InChI is InChI=1S/C16H21N3O5S/c1-11(2)16-17-15(18-24-16)14-10-23-9-8-19(14)25(20,21)13-6-4-12(22-3)5-7-13/h4-7,11,14H,8-10H2,1-3H3/t14-/m0/s1. The van der Waals surface area contributed by atoms with Crippen LogP contribution in [0, 0.1) is 0 Å². The Morgan fingerprint density at radius 3 is 2.60 bits per heavy atom. The lowest BCUT2D eigenvalue weighted by Crippen LogP contribution is -2.43. The second-order valence-electron chi connectivity index (χ2n) is 6.03. The van der Waals surface area contributed by atoms with Crippen LogP contribution in [0.4, 0.5) is 0 Å². The first-order valence-electron chi connectivity index (χ1n) is 8.00. The Morgan fingerprint density at radius 2 is 2.00 bits per heavy atom. The summed E-state index contributed by atoms with van der Waals surface area (Å²) in [7, 11) is -2.19. The Labute approximate surface area is 146 Å². The van der Waals surface area contributed by atoms with Gasteiger partial charge >= 0.3 is 0 Å². The molecule has 1 aliphatic rings. The number of morpholine rings is 1. The van der Waals surface area contributed by atoms with E-state index in [0.29, 0.717) is 24.1 Å². The molecule has 1 aromatic heterocycles. The molecule has 136 valence electrons. The van der Waals surface area contributed by atoms with E-state index >= 15 is 0 Å². The van der Waals surface area contributed by atoms with Crippen molar-refractivity contribution < 1.29 is 22.4 Å². The van der Waals surface area contributed by atoms with Gasteiger partial charge in [-0.2, -0.15) is 9.29 Å². The summed E-state index contributed by atoms with van der Waals surface area (Å²) in [6, 6.07) is 5.67. The average Bonchev–Trinajstić information content (AvgIpc) is 3.12. The number of aromatic nitrogens is 2. The highest BCUT2D eigenvalue weighted by Crippen LogP contribution is 2.30. The van der Waals surface area contributed by atoms with Crippen LogP contribution in [0.25, 0.3) is 0 Å². The SMILES string of the molecule is COc1ccc(S(=O)(=O)N2CCOC[C@H]2c2noc(C(C)C)n2)cc1. The third-order valence-electron chi connectivity index (χ3n) is 3.99. The highest BCUT2D eigenvalue weighted by molar-refractivity contribution is 7.89. The van der Waals surface area contributed by atoms with Gasteiger partial charge in [0.15, 0.2) is 5.82 Å². The molecule has 2 aromatic rings. The molecule has 0 saturated carbocycles. The minimum Gasteiger partial charge on any atom is -0.497 e. The van der Waals surface area contributed by atoms with Crippen molar-refractivity contribution in [2.24, 2.45) is 0 Å². The van der Waals surface area contributed by atoms with Gasteiger partial charge in [0.2, 0.25) is 15.9 Å². The monoisotopic (exact) mass is 367 g/mol. The predicted octanol–water partition coefficient (Wildman–Crippen LogP) is 1.96. The number of methoxy groups -OCH3 is 1. The molecular formula is C16H21N3O5S. The van der Waals surface area contributed by atoms with Gasteiger partial charge in [0.25, 0.3) is 0 Å². The van der Waals surface area contributed by atoms with Crippen molar-refractivity contribution in [3.8, 4) is 5.75 Å². The predicted molar refractivity (Wildman–Crippen MR) is 88.8 cm³/mol. The lowest BCUT2D eigenvalue weighted by Gasteiger charge is -2.32. The van der Waals surface area contributed by atoms with Crippen molar-refractivity contribution in [3.05, 3.63) is 36.0 Å². The summed E-state index contributed by atoms with van der Waals surface area (Å²) < 4.78 is 43.2. The molecule has 3 rings (SSSR count). The molecule has 1 aliphatic heterocycles. The molecule has 0 unspecified atom stereocenters. The van der Waals surface area contributed by atoms with Crippen molar-refractivity contribution in [2.45, 2.75) is 30.7 Å². The second-order valence-corrected chi connectivity index (χ2v) is 7.92. The number of sulfonamides is 1. The Balaban J connectivity index is 1.93. The number of rotatable bonds is 5. The van der Waals surface area contributed by atoms with Crippen LogP contribution in [0.2, 0.25) is 0 Å². The minimum atomic E-state index is -3.72.